The maximum Gasteiger partial charge on any atom is 0.0941 e. The van der Waals surface area contributed by atoms with Crippen LogP contribution in [0.15, 0.2) is 6.20 Å². The summed E-state index contributed by atoms with van der Waals surface area (Å²) in [7, 11) is 4.09. The number of hydrogen-bond donors (Lipinski definition) is 1. The molecule has 1 atom stereocenters. The summed E-state index contributed by atoms with van der Waals surface area (Å²) in [6.45, 7) is 2.77. The van der Waals surface area contributed by atoms with Crippen molar-refractivity contribution in [3.05, 3.63) is 16.1 Å². The van der Waals surface area contributed by atoms with E-state index in [0.29, 0.717) is 0 Å². The Kier molecular flexibility index (Phi) is 3.84. The molecular formula is C9H16N2OS. The van der Waals surface area contributed by atoms with E-state index >= 15 is 0 Å². The highest BCUT2D eigenvalue weighted by Crippen LogP contribution is 2.20. The zero-order valence-corrected chi connectivity index (χ0v) is 9.14. The Balaban J connectivity index is 2.49. The normalized spacial score (nSPS) is 13.6. The summed E-state index contributed by atoms with van der Waals surface area (Å²) >= 11 is 1.60. The van der Waals surface area contributed by atoms with E-state index in [1.807, 2.05) is 14.1 Å². The fourth-order valence-electron chi connectivity index (χ4n) is 0.952. The Hall–Kier alpha value is -0.450. The summed E-state index contributed by atoms with van der Waals surface area (Å²) in [5.74, 6) is 0. The molecule has 1 unspecified atom stereocenters. The van der Waals surface area contributed by atoms with Crippen molar-refractivity contribution in [2.75, 3.05) is 20.6 Å². The lowest BCUT2D eigenvalue weighted by atomic mass is 10.4. The summed E-state index contributed by atoms with van der Waals surface area (Å²) in [6.07, 6.45) is 2.34. The van der Waals surface area contributed by atoms with E-state index in [2.05, 4.69) is 9.88 Å². The highest BCUT2D eigenvalue weighted by Gasteiger charge is 2.06. The Morgan fingerprint density at radius 2 is 2.31 bits per heavy atom. The predicted molar refractivity (Wildman–Crippen MR) is 55.0 cm³/mol. The molecule has 13 heavy (non-hydrogen) atoms. The van der Waals surface area contributed by atoms with Gasteiger partial charge in [0.25, 0.3) is 0 Å². The monoisotopic (exact) mass is 200 g/mol. The van der Waals surface area contributed by atoms with Gasteiger partial charge in [-0.2, -0.15) is 0 Å². The number of aliphatic hydroxyl groups is 1. The number of nitrogens with zero attached hydrogens (tertiary/aromatic N) is 2. The van der Waals surface area contributed by atoms with Gasteiger partial charge < -0.3 is 10.0 Å². The van der Waals surface area contributed by atoms with E-state index in [1.165, 1.54) is 0 Å². The first kappa shape index (κ1) is 10.6. The fraction of sp³-hybridized carbons (Fsp3) is 0.667. The van der Waals surface area contributed by atoms with Crippen LogP contribution >= 0.6 is 11.3 Å². The van der Waals surface area contributed by atoms with Gasteiger partial charge in [-0.1, -0.05) is 0 Å². The molecule has 0 amide bonds. The summed E-state index contributed by atoms with van der Waals surface area (Å²) in [6, 6.07) is 0. The summed E-state index contributed by atoms with van der Waals surface area (Å²) < 4.78 is 0. The largest absolute Gasteiger partial charge is 0.388 e. The second-order valence-corrected chi connectivity index (χ2v) is 4.53. The van der Waals surface area contributed by atoms with Crippen molar-refractivity contribution in [1.82, 2.24) is 9.88 Å². The van der Waals surface area contributed by atoms with Gasteiger partial charge in [-0.05, 0) is 21.0 Å². The van der Waals surface area contributed by atoms with Crippen molar-refractivity contribution >= 4 is 11.3 Å². The molecule has 4 heteroatoms. The number of aromatic nitrogens is 1. The standard InChI is InChI=1S/C9H16N2OS/c1-7(12)8-6-10-9(13-8)4-5-11(2)3/h6-7,12H,4-5H2,1-3H3. The molecule has 1 aromatic heterocycles. The minimum absolute atomic E-state index is 0.384. The van der Waals surface area contributed by atoms with Gasteiger partial charge >= 0.3 is 0 Å². The molecule has 0 aromatic carbocycles. The fourth-order valence-corrected chi connectivity index (χ4v) is 1.80. The Bertz CT molecular complexity index is 258. The average molecular weight is 200 g/mol. The van der Waals surface area contributed by atoms with Crippen LogP contribution in [0.5, 0.6) is 0 Å². The molecule has 0 radical (unpaired) electrons. The molecule has 0 saturated carbocycles. The quantitative estimate of drug-likeness (QED) is 0.796. The molecule has 74 valence electrons. The van der Waals surface area contributed by atoms with E-state index in [1.54, 1.807) is 24.5 Å². The van der Waals surface area contributed by atoms with Crippen LogP contribution in [0.3, 0.4) is 0 Å². The van der Waals surface area contributed by atoms with E-state index in [0.717, 1.165) is 22.9 Å². The van der Waals surface area contributed by atoms with Crippen molar-refractivity contribution in [1.29, 1.82) is 0 Å². The molecule has 0 spiro atoms. The Labute approximate surface area is 83.0 Å². The van der Waals surface area contributed by atoms with Crippen molar-refractivity contribution in [3.8, 4) is 0 Å². The van der Waals surface area contributed by atoms with Crippen LogP contribution in [0.25, 0.3) is 0 Å². The van der Waals surface area contributed by atoms with E-state index in [-0.39, 0.29) is 6.10 Å². The van der Waals surface area contributed by atoms with Crippen molar-refractivity contribution in [2.45, 2.75) is 19.4 Å². The van der Waals surface area contributed by atoms with Crippen LogP contribution in [0, 0.1) is 0 Å². The minimum Gasteiger partial charge on any atom is -0.388 e. The number of thiazole rings is 1. The van der Waals surface area contributed by atoms with Crippen LogP contribution in [-0.4, -0.2) is 35.6 Å². The van der Waals surface area contributed by atoms with E-state index in [4.69, 9.17) is 0 Å². The van der Waals surface area contributed by atoms with Gasteiger partial charge in [0.15, 0.2) is 0 Å². The van der Waals surface area contributed by atoms with Gasteiger partial charge in [0, 0.05) is 19.2 Å². The Morgan fingerprint density at radius 3 is 2.77 bits per heavy atom. The molecular weight excluding hydrogens is 184 g/mol. The second kappa shape index (κ2) is 4.69. The summed E-state index contributed by atoms with van der Waals surface area (Å²) in [4.78, 5) is 7.32. The zero-order valence-electron chi connectivity index (χ0n) is 8.32. The third kappa shape index (κ3) is 3.42. The lowest BCUT2D eigenvalue weighted by Gasteiger charge is -2.06. The second-order valence-electron chi connectivity index (χ2n) is 3.39. The third-order valence-electron chi connectivity index (χ3n) is 1.76. The first-order valence-electron chi connectivity index (χ1n) is 4.37. The number of likely N-dealkylation sites (N-methyl/N-ethyl adjacent to an activating group) is 1. The lowest BCUT2D eigenvalue weighted by molar-refractivity contribution is 0.203. The Morgan fingerprint density at radius 1 is 1.62 bits per heavy atom. The first-order valence-corrected chi connectivity index (χ1v) is 5.18. The van der Waals surface area contributed by atoms with E-state index < -0.39 is 0 Å². The van der Waals surface area contributed by atoms with Crippen molar-refractivity contribution in [3.63, 3.8) is 0 Å². The van der Waals surface area contributed by atoms with Gasteiger partial charge in [-0.3, -0.25) is 0 Å². The summed E-state index contributed by atoms with van der Waals surface area (Å²) in [5.41, 5.74) is 0. The molecule has 0 aliphatic carbocycles. The van der Waals surface area contributed by atoms with Crippen LogP contribution in [0.2, 0.25) is 0 Å². The molecule has 1 aromatic rings. The van der Waals surface area contributed by atoms with E-state index in [9.17, 15) is 5.11 Å². The van der Waals surface area contributed by atoms with Crippen molar-refractivity contribution < 1.29 is 5.11 Å². The van der Waals surface area contributed by atoms with Gasteiger partial charge in [0.05, 0.1) is 16.0 Å². The number of hydrogen-bond acceptors (Lipinski definition) is 4. The van der Waals surface area contributed by atoms with Crippen LogP contribution in [-0.2, 0) is 6.42 Å². The minimum atomic E-state index is -0.384. The predicted octanol–water partition coefficient (Wildman–Crippen LogP) is 1.30. The summed E-state index contributed by atoms with van der Waals surface area (Å²) in [5, 5.41) is 10.4. The lowest BCUT2D eigenvalue weighted by Crippen LogP contribution is -2.14. The number of rotatable bonds is 4. The van der Waals surface area contributed by atoms with Crippen LogP contribution in [0.4, 0.5) is 0 Å². The molecule has 0 saturated heterocycles. The van der Waals surface area contributed by atoms with Gasteiger partial charge in [0.1, 0.15) is 0 Å². The molecule has 1 N–H and O–H groups in total. The van der Waals surface area contributed by atoms with Crippen LogP contribution < -0.4 is 0 Å². The molecule has 3 nitrogen and oxygen atoms in total. The van der Waals surface area contributed by atoms with Gasteiger partial charge in [-0.15, -0.1) is 11.3 Å². The number of aliphatic hydroxyl groups excluding tert-OH is 1. The molecule has 1 rings (SSSR count). The topological polar surface area (TPSA) is 36.4 Å². The molecule has 1 heterocycles. The van der Waals surface area contributed by atoms with Crippen LogP contribution in [0.1, 0.15) is 22.9 Å². The highest BCUT2D eigenvalue weighted by molar-refractivity contribution is 7.11. The third-order valence-corrected chi connectivity index (χ3v) is 2.98. The molecule has 0 fully saturated rings. The highest BCUT2D eigenvalue weighted by atomic mass is 32.1. The first-order chi connectivity index (χ1) is 6.09. The van der Waals surface area contributed by atoms with Gasteiger partial charge in [0.2, 0.25) is 0 Å². The SMILES string of the molecule is CC(O)c1cnc(CCN(C)C)s1. The molecule has 0 aliphatic rings. The zero-order chi connectivity index (χ0) is 9.84. The maximum absolute atomic E-state index is 9.27. The smallest absolute Gasteiger partial charge is 0.0941 e. The van der Waals surface area contributed by atoms with Crippen molar-refractivity contribution in [2.24, 2.45) is 0 Å². The average Bonchev–Trinajstić information content (AvgIpc) is 2.48. The maximum atomic E-state index is 9.27. The molecule has 0 bridgehead atoms. The molecule has 0 aliphatic heterocycles. The van der Waals surface area contributed by atoms with Gasteiger partial charge in [-0.25, -0.2) is 4.98 Å².